The molecule has 4 heteroatoms. The number of amides is 1. The fourth-order valence-corrected chi connectivity index (χ4v) is 2.66. The van der Waals surface area contributed by atoms with E-state index in [0.29, 0.717) is 22.2 Å². The zero-order chi connectivity index (χ0) is 13.0. The van der Waals surface area contributed by atoms with Crippen LogP contribution in [0.1, 0.15) is 42.5 Å². The Morgan fingerprint density at radius 1 is 1.33 bits per heavy atom. The molecule has 0 atom stereocenters. The molecule has 98 valence electrons. The van der Waals surface area contributed by atoms with Crippen LogP contribution in [0.25, 0.3) is 0 Å². The molecule has 0 aliphatic heterocycles. The molecule has 0 unspecified atom stereocenters. The van der Waals surface area contributed by atoms with E-state index in [-0.39, 0.29) is 5.91 Å². The van der Waals surface area contributed by atoms with Crippen LogP contribution in [0, 0.1) is 5.92 Å². The van der Waals surface area contributed by atoms with Gasteiger partial charge in [0.2, 0.25) is 0 Å². The summed E-state index contributed by atoms with van der Waals surface area (Å²) in [5, 5.41) is 3.30. The summed E-state index contributed by atoms with van der Waals surface area (Å²) in [6.07, 6.45) is 6.31. The maximum absolute atomic E-state index is 12.0. The fourth-order valence-electron chi connectivity index (χ4n) is 2.45. The summed E-state index contributed by atoms with van der Waals surface area (Å²) in [7, 11) is 0. The molecule has 0 spiro atoms. The highest BCUT2D eigenvalue weighted by molar-refractivity contribution is 6.36. The van der Waals surface area contributed by atoms with Gasteiger partial charge in [0.1, 0.15) is 0 Å². The van der Waals surface area contributed by atoms with Gasteiger partial charge < -0.3 is 11.1 Å². The monoisotopic (exact) mass is 266 g/mol. The lowest BCUT2D eigenvalue weighted by molar-refractivity contribution is 0.0944. The largest absolute Gasteiger partial charge is 0.398 e. The van der Waals surface area contributed by atoms with E-state index in [1.54, 1.807) is 18.2 Å². The molecular formula is C14H19ClN2O. The first-order valence-electron chi connectivity index (χ1n) is 6.50. The maximum atomic E-state index is 12.0. The summed E-state index contributed by atoms with van der Waals surface area (Å²) in [5.41, 5.74) is 6.60. The van der Waals surface area contributed by atoms with E-state index in [9.17, 15) is 4.79 Å². The van der Waals surface area contributed by atoms with Gasteiger partial charge in [0.05, 0.1) is 16.3 Å². The van der Waals surface area contributed by atoms with E-state index >= 15 is 0 Å². The molecule has 1 aliphatic carbocycles. The Morgan fingerprint density at radius 3 is 2.78 bits per heavy atom. The molecular weight excluding hydrogens is 248 g/mol. The quantitative estimate of drug-likeness (QED) is 0.826. The smallest absolute Gasteiger partial charge is 0.252 e. The number of hydrogen-bond acceptors (Lipinski definition) is 2. The fraction of sp³-hybridized carbons (Fsp3) is 0.500. The van der Waals surface area contributed by atoms with Crippen LogP contribution in [0.4, 0.5) is 5.69 Å². The number of rotatable bonds is 3. The normalized spacial score (nSPS) is 16.5. The second kappa shape index (κ2) is 6.10. The zero-order valence-corrected chi connectivity index (χ0v) is 11.2. The van der Waals surface area contributed by atoms with Gasteiger partial charge in [0, 0.05) is 6.54 Å². The van der Waals surface area contributed by atoms with Crippen molar-refractivity contribution in [3.63, 3.8) is 0 Å². The Balaban J connectivity index is 1.93. The van der Waals surface area contributed by atoms with Gasteiger partial charge in [-0.05, 0) is 30.9 Å². The number of nitrogens with two attached hydrogens (primary N) is 1. The summed E-state index contributed by atoms with van der Waals surface area (Å²) >= 11 is 6.02. The van der Waals surface area contributed by atoms with Gasteiger partial charge in [-0.15, -0.1) is 0 Å². The number of hydrogen-bond donors (Lipinski definition) is 2. The van der Waals surface area contributed by atoms with Crippen LogP contribution in [-0.2, 0) is 0 Å². The zero-order valence-electron chi connectivity index (χ0n) is 10.4. The van der Waals surface area contributed by atoms with Crippen molar-refractivity contribution >= 4 is 23.2 Å². The topological polar surface area (TPSA) is 55.1 Å². The third kappa shape index (κ3) is 3.16. The van der Waals surface area contributed by atoms with Gasteiger partial charge in [-0.3, -0.25) is 4.79 Å². The minimum absolute atomic E-state index is 0.127. The summed E-state index contributed by atoms with van der Waals surface area (Å²) in [4.78, 5) is 12.0. The number of carbonyl (C=O) groups excluding carboxylic acids is 1. The molecule has 3 N–H and O–H groups in total. The second-order valence-electron chi connectivity index (χ2n) is 4.92. The van der Waals surface area contributed by atoms with Gasteiger partial charge in [0.25, 0.3) is 5.91 Å². The van der Waals surface area contributed by atoms with Crippen LogP contribution < -0.4 is 11.1 Å². The van der Waals surface area contributed by atoms with Crippen molar-refractivity contribution in [3.05, 3.63) is 28.8 Å². The lowest BCUT2D eigenvalue weighted by Gasteiger charge is -2.21. The molecule has 1 aliphatic rings. The van der Waals surface area contributed by atoms with E-state index in [2.05, 4.69) is 5.32 Å². The van der Waals surface area contributed by atoms with Crippen molar-refractivity contribution in [2.75, 3.05) is 12.3 Å². The lowest BCUT2D eigenvalue weighted by atomic mass is 9.89. The standard InChI is InChI=1S/C14H19ClN2O/c15-13-11(7-4-8-12(13)16)14(18)17-9-10-5-2-1-3-6-10/h4,7-8,10H,1-3,5-6,9,16H2,(H,17,18). The molecule has 1 aromatic carbocycles. The molecule has 0 radical (unpaired) electrons. The third-order valence-corrected chi connectivity index (χ3v) is 3.97. The van der Waals surface area contributed by atoms with E-state index in [0.717, 1.165) is 6.54 Å². The maximum Gasteiger partial charge on any atom is 0.252 e. The Morgan fingerprint density at radius 2 is 2.06 bits per heavy atom. The van der Waals surface area contributed by atoms with Gasteiger partial charge in [0.15, 0.2) is 0 Å². The predicted octanol–water partition coefficient (Wildman–Crippen LogP) is 3.23. The van der Waals surface area contributed by atoms with Crippen LogP contribution >= 0.6 is 11.6 Å². The molecule has 0 aromatic heterocycles. The first-order chi connectivity index (χ1) is 8.68. The van der Waals surface area contributed by atoms with Crippen LogP contribution in [0.2, 0.25) is 5.02 Å². The van der Waals surface area contributed by atoms with Crippen molar-refractivity contribution in [1.29, 1.82) is 0 Å². The first kappa shape index (κ1) is 13.2. The third-order valence-electron chi connectivity index (χ3n) is 3.55. The van der Waals surface area contributed by atoms with Gasteiger partial charge in [-0.25, -0.2) is 0 Å². The molecule has 1 saturated carbocycles. The van der Waals surface area contributed by atoms with Gasteiger partial charge in [-0.2, -0.15) is 0 Å². The highest BCUT2D eigenvalue weighted by atomic mass is 35.5. The highest BCUT2D eigenvalue weighted by Gasteiger charge is 2.16. The SMILES string of the molecule is Nc1cccc(C(=O)NCC2CCCCC2)c1Cl. The van der Waals surface area contributed by atoms with Crippen molar-refractivity contribution in [1.82, 2.24) is 5.32 Å². The molecule has 0 saturated heterocycles. The van der Waals surface area contributed by atoms with Crippen molar-refractivity contribution < 1.29 is 4.79 Å². The van der Waals surface area contributed by atoms with Gasteiger partial charge in [-0.1, -0.05) is 36.9 Å². The minimum Gasteiger partial charge on any atom is -0.398 e. The second-order valence-corrected chi connectivity index (χ2v) is 5.30. The summed E-state index contributed by atoms with van der Waals surface area (Å²) < 4.78 is 0. The van der Waals surface area contributed by atoms with E-state index in [1.165, 1.54) is 32.1 Å². The Hall–Kier alpha value is -1.22. The van der Waals surface area contributed by atoms with Crippen LogP contribution in [-0.4, -0.2) is 12.5 Å². The van der Waals surface area contributed by atoms with Crippen molar-refractivity contribution in [3.8, 4) is 0 Å². The number of nitrogens with one attached hydrogen (secondary N) is 1. The summed E-state index contributed by atoms with van der Waals surface area (Å²) in [6.45, 7) is 0.740. The van der Waals surface area contributed by atoms with Gasteiger partial charge >= 0.3 is 0 Å². The van der Waals surface area contributed by atoms with Crippen LogP contribution in [0.5, 0.6) is 0 Å². The minimum atomic E-state index is -0.127. The molecule has 1 fully saturated rings. The lowest BCUT2D eigenvalue weighted by Crippen LogP contribution is -2.30. The molecule has 1 amide bonds. The Kier molecular flexibility index (Phi) is 4.48. The van der Waals surface area contributed by atoms with E-state index in [4.69, 9.17) is 17.3 Å². The number of benzene rings is 1. The molecule has 1 aromatic rings. The number of carbonyl (C=O) groups is 1. The number of nitrogen functional groups attached to an aromatic ring is 1. The number of anilines is 1. The average Bonchev–Trinajstić information content (AvgIpc) is 2.40. The average molecular weight is 267 g/mol. The summed E-state index contributed by atoms with van der Waals surface area (Å²) in [5.74, 6) is 0.486. The molecule has 0 bridgehead atoms. The van der Waals surface area contributed by atoms with E-state index < -0.39 is 0 Å². The van der Waals surface area contributed by atoms with Crippen molar-refractivity contribution in [2.45, 2.75) is 32.1 Å². The Labute approximate surface area is 113 Å². The molecule has 18 heavy (non-hydrogen) atoms. The molecule has 2 rings (SSSR count). The van der Waals surface area contributed by atoms with Crippen molar-refractivity contribution in [2.24, 2.45) is 5.92 Å². The highest BCUT2D eigenvalue weighted by Crippen LogP contribution is 2.24. The van der Waals surface area contributed by atoms with Crippen LogP contribution in [0.3, 0.4) is 0 Å². The summed E-state index contributed by atoms with van der Waals surface area (Å²) in [6, 6.07) is 5.14. The Bertz CT molecular complexity index is 428. The number of halogens is 1. The predicted molar refractivity (Wildman–Crippen MR) is 74.8 cm³/mol. The van der Waals surface area contributed by atoms with Crippen LogP contribution in [0.15, 0.2) is 18.2 Å². The van der Waals surface area contributed by atoms with E-state index in [1.807, 2.05) is 0 Å². The first-order valence-corrected chi connectivity index (χ1v) is 6.88. The molecule has 3 nitrogen and oxygen atoms in total. The molecule has 0 heterocycles.